The van der Waals surface area contributed by atoms with Gasteiger partial charge in [-0.25, -0.2) is 0 Å². The van der Waals surface area contributed by atoms with Crippen molar-refractivity contribution in [1.29, 1.82) is 0 Å². The molecule has 3 aromatic rings. The minimum Gasteiger partial charge on any atom is -0.467 e. The number of methoxy groups -OCH3 is 1. The van der Waals surface area contributed by atoms with E-state index in [2.05, 4.69) is 15.4 Å². The van der Waals surface area contributed by atoms with Crippen LogP contribution >= 0.6 is 11.6 Å². The van der Waals surface area contributed by atoms with Crippen molar-refractivity contribution in [1.82, 2.24) is 10.2 Å². The largest absolute Gasteiger partial charge is 0.467 e. The van der Waals surface area contributed by atoms with Crippen LogP contribution in [0.1, 0.15) is 5.56 Å². The molecule has 0 radical (unpaired) electrons. The summed E-state index contributed by atoms with van der Waals surface area (Å²) in [4.78, 5) is 0. The second-order valence-electron chi connectivity index (χ2n) is 4.94. The van der Waals surface area contributed by atoms with Crippen molar-refractivity contribution >= 4 is 27.7 Å². The Morgan fingerprint density at radius 3 is 2.79 bits per heavy atom. The molecule has 3 rings (SSSR count). The van der Waals surface area contributed by atoms with Crippen molar-refractivity contribution in [2.24, 2.45) is 5.16 Å². The van der Waals surface area contributed by atoms with E-state index in [-0.39, 0.29) is 12.0 Å². The first-order valence-corrected chi connectivity index (χ1v) is 7.47. The van der Waals surface area contributed by atoms with Crippen LogP contribution in [0.5, 0.6) is 5.75 Å². The Hall–Kier alpha value is -2.70. The maximum absolute atomic E-state index is 8.81. The molecule has 1 heterocycles. The number of aromatic nitrogens is 2. The third kappa shape index (κ3) is 3.29. The third-order valence-electron chi connectivity index (χ3n) is 3.41. The molecule has 24 heavy (non-hydrogen) atoms. The summed E-state index contributed by atoms with van der Waals surface area (Å²) < 4.78 is 10.5. The van der Waals surface area contributed by atoms with E-state index >= 15 is 0 Å². The van der Waals surface area contributed by atoms with Crippen LogP contribution in [0.4, 0.5) is 0 Å². The van der Waals surface area contributed by atoms with Crippen LogP contribution in [0.15, 0.2) is 53.7 Å². The normalized spacial score (nSPS) is 11.7. The highest BCUT2D eigenvalue weighted by Gasteiger charge is 2.10. The van der Waals surface area contributed by atoms with E-state index in [9.17, 15) is 0 Å². The van der Waals surface area contributed by atoms with Crippen molar-refractivity contribution in [2.75, 3.05) is 13.9 Å². The number of oxime groups is 1. The predicted molar refractivity (Wildman–Crippen MR) is 91.7 cm³/mol. The van der Waals surface area contributed by atoms with Crippen LogP contribution in [0.2, 0.25) is 0 Å². The lowest BCUT2D eigenvalue weighted by atomic mass is 10.1. The number of fused-ring (bicyclic) bond motifs is 1. The molecule has 0 saturated heterocycles. The highest BCUT2D eigenvalue weighted by atomic mass is 35.5. The number of halogens is 1. The van der Waals surface area contributed by atoms with Gasteiger partial charge in [0.25, 0.3) is 0 Å². The number of ether oxygens (including phenoxy) is 2. The topological polar surface area (TPSA) is 76.8 Å². The van der Waals surface area contributed by atoms with E-state index in [1.807, 2.05) is 30.3 Å². The molecular weight excluding hydrogens is 330 g/mol. The van der Waals surface area contributed by atoms with Crippen LogP contribution in [-0.4, -0.2) is 34.5 Å². The van der Waals surface area contributed by atoms with Gasteiger partial charge >= 0.3 is 0 Å². The van der Waals surface area contributed by atoms with E-state index in [4.69, 9.17) is 26.3 Å². The SMILES string of the molecule is COCOc1ccccc1-c1cc2cc(C(Cl)=NO)ccc2nn1. The molecule has 0 spiro atoms. The van der Waals surface area contributed by atoms with Crippen LogP contribution in [-0.2, 0) is 4.74 Å². The molecule has 0 amide bonds. The minimum atomic E-state index is 0.0130. The average molecular weight is 344 g/mol. The summed E-state index contributed by atoms with van der Waals surface area (Å²) in [5.41, 5.74) is 2.76. The molecule has 0 unspecified atom stereocenters. The zero-order valence-electron chi connectivity index (χ0n) is 12.8. The predicted octanol–water partition coefficient (Wildman–Crippen LogP) is 3.65. The number of para-hydroxylation sites is 1. The first-order valence-electron chi connectivity index (χ1n) is 7.09. The zero-order valence-corrected chi connectivity index (χ0v) is 13.6. The molecule has 0 aliphatic heterocycles. The molecule has 1 N–H and O–H groups in total. The molecule has 7 heteroatoms. The van der Waals surface area contributed by atoms with Gasteiger partial charge in [-0.15, -0.1) is 10.2 Å². The molecule has 0 saturated carbocycles. The molecule has 122 valence electrons. The first-order chi connectivity index (χ1) is 11.7. The van der Waals surface area contributed by atoms with Crippen LogP contribution < -0.4 is 4.74 Å². The van der Waals surface area contributed by atoms with E-state index in [1.165, 1.54) is 0 Å². The fourth-order valence-corrected chi connectivity index (χ4v) is 2.41. The number of rotatable bonds is 5. The highest BCUT2D eigenvalue weighted by molar-refractivity contribution is 6.69. The lowest BCUT2D eigenvalue weighted by molar-refractivity contribution is 0.0515. The maximum atomic E-state index is 8.81. The molecule has 2 aromatic carbocycles. The Morgan fingerprint density at radius 1 is 1.17 bits per heavy atom. The van der Waals surface area contributed by atoms with Gasteiger partial charge < -0.3 is 14.7 Å². The molecule has 0 atom stereocenters. The van der Waals surface area contributed by atoms with E-state index < -0.39 is 0 Å². The van der Waals surface area contributed by atoms with Crippen molar-refractivity contribution in [2.45, 2.75) is 0 Å². The summed E-state index contributed by atoms with van der Waals surface area (Å²) >= 11 is 5.86. The minimum absolute atomic E-state index is 0.0130. The summed E-state index contributed by atoms with van der Waals surface area (Å²) in [6.45, 7) is 0.144. The van der Waals surface area contributed by atoms with E-state index in [1.54, 1.807) is 25.3 Å². The molecular formula is C17H14ClN3O3. The summed E-state index contributed by atoms with van der Waals surface area (Å²) in [5.74, 6) is 0.652. The first kappa shape index (κ1) is 16.2. The van der Waals surface area contributed by atoms with Gasteiger partial charge in [-0.05, 0) is 36.4 Å². The summed E-state index contributed by atoms with van der Waals surface area (Å²) in [6.07, 6.45) is 0. The van der Waals surface area contributed by atoms with Gasteiger partial charge in [0.2, 0.25) is 0 Å². The van der Waals surface area contributed by atoms with Gasteiger partial charge in [-0.1, -0.05) is 28.9 Å². The molecule has 0 bridgehead atoms. The molecule has 6 nitrogen and oxygen atoms in total. The second kappa shape index (κ2) is 7.25. The van der Waals surface area contributed by atoms with Gasteiger partial charge in [-0.3, -0.25) is 0 Å². The molecule has 1 aromatic heterocycles. The number of benzene rings is 2. The summed E-state index contributed by atoms with van der Waals surface area (Å²) in [6, 6.07) is 14.7. The molecule has 0 aliphatic carbocycles. The number of hydrogen-bond acceptors (Lipinski definition) is 6. The molecule has 0 aliphatic rings. The fraction of sp³-hybridized carbons (Fsp3) is 0.118. The smallest absolute Gasteiger partial charge is 0.188 e. The number of hydrogen-bond donors (Lipinski definition) is 1. The van der Waals surface area contributed by atoms with Gasteiger partial charge in [0, 0.05) is 23.6 Å². The standard InChI is InChI=1S/C17H14ClN3O3/c1-23-10-24-16-5-3-2-4-13(16)15-9-12-8-11(17(18)21-22)6-7-14(12)19-20-15/h2-9,22H,10H2,1H3. The second-order valence-corrected chi connectivity index (χ2v) is 5.30. The van der Waals surface area contributed by atoms with Crippen molar-refractivity contribution in [3.05, 3.63) is 54.1 Å². The van der Waals surface area contributed by atoms with Crippen molar-refractivity contribution in [3.8, 4) is 17.0 Å². The quantitative estimate of drug-likeness (QED) is 0.331. The highest BCUT2D eigenvalue weighted by Crippen LogP contribution is 2.29. The number of nitrogens with zero attached hydrogens (tertiary/aromatic N) is 3. The van der Waals surface area contributed by atoms with Crippen molar-refractivity contribution in [3.63, 3.8) is 0 Å². The zero-order chi connectivity index (χ0) is 16.9. The Labute approximate surface area is 143 Å². The van der Waals surface area contributed by atoms with Gasteiger partial charge in [0.1, 0.15) is 5.75 Å². The maximum Gasteiger partial charge on any atom is 0.188 e. The van der Waals surface area contributed by atoms with Gasteiger partial charge in [0.15, 0.2) is 12.0 Å². The van der Waals surface area contributed by atoms with Gasteiger partial charge in [0.05, 0.1) is 11.2 Å². The van der Waals surface area contributed by atoms with Crippen LogP contribution in [0.3, 0.4) is 0 Å². The van der Waals surface area contributed by atoms with E-state index in [0.717, 1.165) is 10.9 Å². The third-order valence-corrected chi connectivity index (χ3v) is 3.70. The molecule has 0 fully saturated rings. The Morgan fingerprint density at radius 2 is 2.00 bits per heavy atom. The van der Waals surface area contributed by atoms with E-state index in [0.29, 0.717) is 22.5 Å². The Kier molecular flexibility index (Phi) is 4.88. The Bertz CT molecular complexity index is 899. The average Bonchev–Trinajstić information content (AvgIpc) is 2.65. The Balaban J connectivity index is 2.07. The monoisotopic (exact) mass is 343 g/mol. The van der Waals surface area contributed by atoms with Crippen LogP contribution in [0, 0.1) is 0 Å². The van der Waals surface area contributed by atoms with Gasteiger partial charge in [-0.2, -0.15) is 0 Å². The summed E-state index contributed by atoms with van der Waals surface area (Å²) in [7, 11) is 1.56. The van der Waals surface area contributed by atoms with Crippen molar-refractivity contribution < 1.29 is 14.7 Å². The lowest BCUT2D eigenvalue weighted by Crippen LogP contribution is -2.01. The fourth-order valence-electron chi connectivity index (χ4n) is 2.29. The van der Waals surface area contributed by atoms with Crippen LogP contribution in [0.25, 0.3) is 22.2 Å². The summed E-state index contributed by atoms with van der Waals surface area (Å²) in [5, 5.41) is 21.1. The lowest BCUT2D eigenvalue weighted by Gasteiger charge is -2.10.